The number of rotatable bonds is 7. The van der Waals surface area contributed by atoms with E-state index in [-0.39, 0.29) is 29.7 Å². The van der Waals surface area contributed by atoms with Crippen LogP contribution in [0.2, 0.25) is 0 Å². The number of carbonyl (C=O) groups is 3. The molecule has 2 heterocycles. The van der Waals surface area contributed by atoms with E-state index in [9.17, 15) is 14.4 Å². The van der Waals surface area contributed by atoms with E-state index in [1.807, 2.05) is 36.1 Å². The maximum absolute atomic E-state index is 13.3. The predicted molar refractivity (Wildman–Crippen MR) is 149 cm³/mol. The van der Waals surface area contributed by atoms with Gasteiger partial charge in [-0.3, -0.25) is 14.4 Å². The van der Waals surface area contributed by atoms with Crippen LogP contribution in [0.25, 0.3) is 0 Å². The standard InChI is InChI=1S/C30H39N5O3/c1-21-6-4-5-7-25(21)31-19-27(36)35-20-30(14-15-30)18-26(35)28(37)32-23-10-8-22(9-11-23)29(38)34-16-12-24(13-17-34)33(2)3/h4-11,24,26,31H,12-20H2,1-3H3,(H,32,37)/t26-/m1/s1. The molecule has 2 aromatic carbocycles. The van der Waals surface area contributed by atoms with Crippen LogP contribution in [0.4, 0.5) is 11.4 Å². The molecule has 1 saturated carbocycles. The van der Waals surface area contributed by atoms with Gasteiger partial charge in [-0.25, -0.2) is 0 Å². The Hall–Kier alpha value is -3.39. The molecule has 2 aromatic rings. The quantitative estimate of drug-likeness (QED) is 0.586. The molecule has 0 bridgehead atoms. The molecule has 1 atom stereocenters. The summed E-state index contributed by atoms with van der Waals surface area (Å²) in [6, 6.07) is 15.0. The number of nitrogens with one attached hydrogen (secondary N) is 2. The number of amides is 3. The molecule has 2 N–H and O–H groups in total. The van der Waals surface area contributed by atoms with E-state index < -0.39 is 6.04 Å². The number of carbonyl (C=O) groups excluding carboxylic acids is 3. The fraction of sp³-hybridized carbons (Fsp3) is 0.500. The second-order valence-corrected chi connectivity index (χ2v) is 11.5. The zero-order chi connectivity index (χ0) is 26.9. The molecule has 8 nitrogen and oxygen atoms in total. The van der Waals surface area contributed by atoms with Crippen LogP contribution < -0.4 is 10.6 Å². The number of hydrogen-bond acceptors (Lipinski definition) is 5. The molecular formula is C30H39N5O3. The SMILES string of the molecule is Cc1ccccc1NCC(=O)N1CC2(CC2)C[C@@H]1C(=O)Nc1ccc(C(=O)N2CCC(N(C)C)CC2)cc1. The van der Waals surface area contributed by atoms with Gasteiger partial charge in [-0.15, -0.1) is 0 Å². The highest BCUT2D eigenvalue weighted by atomic mass is 16.2. The fourth-order valence-electron chi connectivity index (χ4n) is 5.82. The summed E-state index contributed by atoms with van der Waals surface area (Å²) in [5.74, 6) is -0.191. The average molecular weight is 518 g/mol. The number of hydrogen-bond donors (Lipinski definition) is 2. The van der Waals surface area contributed by atoms with Crippen LogP contribution in [0.5, 0.6) is 0 Å². The van der Waals surface area contributed by atoms with Crippen molar-refractivity contribution in [1.82, 2.24) is 14.7 Å². The molecule has 1 aliphatic carbocycles. The summed E-state index contributed by atoms with van der Waals surface area (Å²) in [6.45, 7) is 4.31. The maximum Gasteiger partial charge on any atom is 0.253 e. The molecule has 3 aliphatic rings. The second-order valence-electron chi connectivity index (χ2n) is 11.5. The van der Waals surface area contributed by atoms with Gasteiger partial charge >= 0.3 is 0 Å². The van der Waals surface area contributed by atoms with Crippen LogP contribution in [0, 0.1) is 12.3 Å². The Balaban J connectivity index is 1.18. The predicted octanol–water partition coefficient (Wildman–Crippen LogP) is 3.59. The van der Waals surface area contributed by atoms with Crippen molar-refractivity contribution in [3.8, 4) is 0 Å². The van der Waals surface area contributed by atoms with E-state index in [0.29, 0.717) is 30.3 Å². The number of nitrogens with zero attached hydrogens (tertiary/aromatic N) is 3. The van der Waals surface area contributed by atoms with Crippen molar-refractivity contribution in [2.24, 2.45) is 5.41 Å². The first-order chi connectivity index (χ1) is 18.2. The molecule has 0 aromatic heterocycles. The highest BCUT2D eigenvalue weighted by Gasteiger charge is 2.55. The molecule has 202 valence electrons. The van der Waals surface area contributed by atoms with E-state index in [0.717, 1.165) is 50.0 Å². The zero-order valence-electron chi connectivity index (χ0n) is 22.7. The van der Waals surface area contributed by atoms with Gasteiger partial charge in [0, 0.05) is 42.6 Å². The summed E-state index contributed by atoms with van der Waals surface area (Å²) < 4.78 is 0. The third-order valence-corrected chi connectivity index (χ3v) is 8.54. The second kappa shape index (κ2) is 10.8. The van der Waals surface area contributed by atoms with Gasteiger partial charge in [0.15, 0.2) is 0 Å². The molecule has 3 fully saturated rings. The Labute approximate surface area is 225 Å². The molecule has 2 saturated heterocycles. The number of para-hydroxylation sites is 1. The molecule has 2 aliphatic heterocycles. The molecule has 38 heavy (non-hydrogen) atoms. The highest BCUT2D eigenvalue weighted by molar-refractivity contribution is 5.99. The Morgan fingerprint density at radius 2 is 1.68 bits per heavy atom. The molecule has 5 rings (SSSR count). The monoisotopic (exact) mass is 517 g/mol. The van der Waals surface area contributed by atoms with Crippen LogP contribution in [0.15, 0.2) is 48.5 Å². The lowest BCUT2D eigenvalue weighted by Gasteiger charge is -2.35. The number of anilines is 2. The molecule has 1 spiro atoms. The summed E-state index contributed by atoms with van der Waals surface area (Å²) in [6.07, 6.45) is 4.79. The molecule has 3 amide bonds. The first-order valence-electron chi connectivity index (χ1n) is 13.7. The van der Waals surface area contributed by atoms with Gasteiger partial charge in [-0.05, 0) is 94.4 Å². The Morgan fingerprint density at radius 1 is 1.00 bits per heavy atom. The van der Waals surface area contributed by atoms with Crippen molar-refractivity contribution in [2.45, 2.75) is 51.1 Å². The van der Waals surface area contributed by atoms with E-state index in [4.69, 9.17) is 0 Å². The van der Waals surface area contributed by atoms with Gasteiger partial charge in [0.05, 0.1) is 6.54 Å². The zero-order valence-corrected chi connectivity index (χ0v) is 22.7. The van der Waals surface area contributed by atoms with Gasteiger partial charge in [0.2, 0.25) is 11.8 Å². The van der Waals surface area contributed by atoms with Crippen molar-refractivity contribution in [3.05, 3.63) is 59.7 Å². The van der Waals surface area contributed by atoms with Gasteiger partial charge < -0.3 is 25.3 Å². The Morgan fingerprint density at radius 3 is 2.32 bits per heavy atom. The summed E-state index contributed by atoms with van der Waals surface area (Å²) in [5.41, 5.74) is 3.37. The largest absolute Gasteiger partial charge is 0.376 e. The van der Waals surface area contributed by atoms with E-state index >= 15 is 0 Å². The van der Waals surface area contributed by atoms with Crippen molar-refractivity contribution < 1.29 is 14.4 Å². The van der Waals surface area contributed by atoms with Crippen LogP contribution in [0.3, 0.4) is 0 Å². The first kappa shape index (κ1) is 26.2. The molecular weight excluding hydrogens is 478 g/mol. The van der Waals surface area contributed by atoms with Crippen LogP contribution in [-0.2, 0) is 9.59 Å². The third kappa shape index (κ3) is 5.70. The van der Waals surface area contributed by atoms with E-state index in [2.05, 4.69) is 29.6 Å². The summed E-state index contributed by atoms with van der Waals surface area (Å²) in [4.78, 5) is 45.4. The number of aryl methyl sites for hydroxylation is 1. The minimum Gasteiger partial charge on any atom is -0.376 e. The highest BCUT2D eigenvalue weighted by Crippen LogP contribution is 2.54. The molecule has 8 heteroatoms. The molecule has 0 unspecified atom stereocenters. The van der Waals surface area contributed by atoms with Crippen molar-refractivity contribution >= 4 is 29.1 Å². The molecule has 0 radical (unpaired) electrons. The summed E-state index contributed by atoms with van der Waals surface area (Å²) >= 11 is 0. The number of piperidine rings is 1. The van der Waals surface area contributed by atoms with Crippen molar-refractivity contribution in [2.75, 3.05) is 50.9 Å². The Kier molecular flexibility index (Phi) is 7.43. The third-order valence-electron chi connectivity index (χ3n) is 8.54. The van der Waals surface area contributed by atoms with Crippen molar-refractivity contribution in [3.63, 3.8) is 0 Å². The maximum atomic E-state index is 13.3. The topological polar surface area (TPSA) is 85.0 Å². The van der Waals surface area contributed by atoms with E-state index in [1.165, 1.54) is 0 Å². The number of benzene rings is 2. The smallest absolute Gasteiger partial charge is 0.253 e. The minimum atomic E-state index is -0.483. The Bertz CT molecular complexity index is 1180. The van der Waals surface area contributed by atoms with Gasteiger partial charge in [0.25, 0.3) is 5.91 Å². The van der Waals surface area contributed by atoms with Crippen LogP contribution in [0.1, 0.15) is 48.0 Å². The van der Waals surface area contributed by atoms with Gasteiger partial charge in [-0.2, -0.15) is 0 Å². The normalized spacial score (nSPS) is 20.6. The van der Waals surface area contributed by atoms with Crippen LogP contribution in [-0.4, -0.2) is 84.8 Å². The van der Waals surface area contributed by atoms with E-state index in [1.54, 1.807) is 29.2 Å². The number of likely N-dealkylation sites (tertiary alicyclic amines) is 2. The summed E-state index contributed by atoms with van der Waals surface area (Å²) in [7, 11) is 4.17. The lowest BCUT2D eigenvalue weighted by atomic mass is 10.0. The summed E-state index contributed by atoms with van der Waals surface area (Å²) in [5, 5.41) is 6.23. The lowest BCUT2D eigenvalue weighted by Crippen LogP contribution is -2.45. The minimum absolute atomic E-state index is 0.0319. The van der Waals surface area contributed by atoms with Crippen LogP contribution >= 0.6 is 0 Å². The van der Waals surface area contributed by atoms with Gasteiger partial charge in [0.1, 0.15) is 6.04 Å². The fourth-order valence-corrected chi connectivity index (χ4v) is 5.82. The lowest BCUT2D eigenvalue weighted by molar-refractivity contribution is -0.135. The van der Waals surface area contributed by atoms with Crippen molar-refractivity contribution in [1.29, 1.82) is 0 Å². The first-order valence-corrected chi connectivity index (χ1v) is 13.7. The van der Waals surface area contributed by atoms with Gasteiger partial charge in [-0.1, -0.05) is 18.2 Å². The average Bonchev–Trinajstić information content (AvgIpc) is 3.57.